The lowest BCUT2D eigenvalue weighted by Crippen LogP contribution is -2.28. The van der Waals surface area contributed by atoms with E-state index in [-0.39, 0.29) is 36.6 Å². The highest BCUT2D eigenvalue weighted by Gasteiger charge is 2.30. The van der Waals surface area contributed by atoms with Crippen LogP contribution in [0.2, 0.25) is 5.02 Å². The van der Waals surface area contributed by atoms with Gasteiger partial charge in [-0.2, -0.15) is 0 Å². The summed E-state index contributed by atoms with van der Waals surface area (Å²) in [5, 5.41) is 11.6. The maximum Gasteiger partial charge on any atom is 0.256 e. The van der Waals surface area contributed by atoms with E-state index in [1.54, 1.807) is 30.0 Å². The van der Waals surface area contributed by atoms with E-state index in [2.05, 4.69) is 10.3 Å². The Morgan fingerprint density at radius 3 is 2.76 bits per heavy atom. The van der Waals surface area contributed by atoms with Crippen molar-refractivity contribution in [1.82, 2.24) is 4.98 Å². The Bertz CT molecular complexity index is 907. The van der Waals surface area contributed by atoms with E-state index in [0.29, 0.717) is 22.8 Å². The number of carbonyl (C=O) groups is 1. The third-order valence-electron chi connectivity index (χ3n) is 4.29. The molecule has 0 saturated carbocycles. The van der Waals surface area contributed by atoms with Gasteiger partial charge in [0.2, 0.25) is 0 Å². The van der Waals surface area contributed by atoms with Crippen molar-refractivity contribution in [3.05, 3.63) is 58.7 Å². The Morgan fingerprint density at radius 1 is 1.34 bits per heavy atom. The number of anilines is 1. The molecule has 1 aliphatic rings. The fourth-order valence-electron chi connectivity index (χ4n) is 2.83. The number of nitrogens with two attached hydrogens (primary N) is 1. The predicted octanol–water partition coefficient (Wildman–Crippen LogP) is 4.91. The summed E-state index contributed by atoms with van der Waals surface area (Å²) in [5.74, 6) is 1.20. The average Bonchev–Trinajstić information content (AvgIpc) is 2.63. The molecule has 0 aliphatic carbocycles. The molecule has 10 heteroatoms. The van der Waals surface area contributed by atoms with E-state index >= 15 is 0 Å². The largest absolute Gasteiger partial charge is 0.387 e. The van der Waals surface area contributed by atoms with Crippen LogP contribution in [-0.2, 0) is 5.54 Å². The molecule has 0 spiro atoms. The van der Waals surface area contributed by atoms with Crippen LogP contribution >= 0.6 is 48.2 Å². The minimum absolute atomic E-state index is 0. The van der Waals surface area contributed by atoms with Crippen LogP contribution in [0.4, 0.5) is 5.82 Å². The molecule has 2 aromatic rings. The fourth-order valence-corrected chi connectivity index (χ4v) is 4.20. The summed E-state index contributed by atoms with van der Waals surface area (Å²) >= 11 is 7.45. The second-order valence-corrected chi connectivity index (χ2v) is 8.08. The highest BCUT2D eigenvalue weighted by molar-refractivity contribution is 8.14. The lowest BCUT2D eigenvalue weighted by atomic mass is 9.88. The number of carbonyl (C=O) groups excluding carboxylic acids is 1. The number of halogens is 3. The topological polar surface area (TPSA) is 104 Å². The minimum Gasteiger partial charge on any atom is -0.387 e. The number of hydrogen-bond donors (Lipinski definition) is 3. The summed E-state index contributed by atoms with van der Waals surface area (Å²) in [6, 6.07) is 10.8. The first-order valence-corrected chi connectivity index (χ1v) is 9.80. The first-order chi connectivity index (χ1) is 12.9. The summed E-state index contributed by atoms with van der Waals surface area (Å²) in [6.45, 7) is 2.05. The second-order valence-electron chi connectivity index (χ2n) is 6.48. The number of aliphatic imine (C=N–C) groups is 1. The molecule has 29 heavy (non-hydrogen) atoms. The van der Waals surface area contributed by atoms with Crippen LogP contribution in [0.5, 0.6) is 0 Å². The van der Waals surface area contributed by atoms with Crippen molar-refractivity contribution in [2.24, 2.45) is 10.7 Å². The third kappa shape index (κ3) is 6.60. The first kappa shape index (κ1) is 25.2. The van der Waals surface area contributed by atoms with Gasteiger partial charge in [0.25, 0.3) is 5.91 Å². The number of nitrogens with zero attached hydrogens (tertiary/aromatic N) is 2. The molecule has 3 rings (SSSR count). The zero-order valence-corrected chi connectivity index (χ0v) is 18.9. The van der Waals surface area contributed by atoms with E-state index in [4.69, 9.17) is 27.7 Å². The second kappa shape index (κ2) is 10.8. The standard InChI is InChI=1S/C19H20ClN5OS.2ClH/c1-19(7-8-27-17(25-19)10-15(21)22)13-4-2-3-12(9-13)18(26)24-16-6-5-14(20)11-23-16;;/h2-6,9,11H,7-8,10H2,1H3,(H3,21,22)(H,23,24,26);2*1H. The maximum absolute atomic E-state index is 12.6. The van der Waals surface area contributed by atoms with E-state index in [1.165, 1.54) is 6.20 Å². The van der Waals surface area contributed by atoms with Gasteiger partial charge in [-0.3, -0.25) is 15.2 Å². The number of benzene rings is 1. The first-order valence-electron chi connectivity index (χ1n) is 8.43. The number of amidine groups is 1. The Labute approximate surface area is 191 Å². The molecule has 1 aliphatic heterocycles. The Kier molecular flexibility index (Phi) is 9.42. The molecule has 0 fully saturated rings. The Hall–Kier alpha value is -1.80. The molecule has 1 atom stereocenters. The smallest absolute Gasteiger partial charge is 0.256 e. The summed E-state index contributed by atoms with van der Waals surface area (Å²) in [7, 11) is 0. The lowest BCUT2D eigenvalue weighted by Gasteiger charge is -2.31. The lowest BCUT2D eigenvalue weighted by molar-refractivity contribution is 0.102. The van der Waals surface area contributed by atoms with Crippen molar-refractivity contribution in [2.45, 2.75) is 25.3 Å². The number of nitrogens with one attached hydrogen (secondary N) is 2. The Morgan fingerprint density at radius 2 is 2.10 bits per heavy atom. The van der Waals surface area contributed by atoms with E-state index < -0.39 is 5.54 Å². The highest BCUT2D eigenvalue weighted by atomic mass is 35.5. The fraction of sp³-hybridized carbons (Fsp3) is 0.263. The van der Waals surface area contributed by atoms with Crippen molar-refractivity contribution < 1.29 is 4.79 Å². The quantitative estimate of drug-likeness (QED) is 0.423. The van der Waals surface area contributed by atoms with Gasteiger partial charge in [0.05, 0.1) is 27.9 Å². The molecular weight excluding hydrogens is 453 g/mol. The van der Waals surface area contributed by atoms with Crippen LogP contribution in [0, 0.1) is 5.41 Å². The zero-order valence-electron chi connectivity index (χ0n) is 15.6. The van der Waals surface area contributed by atoms with Crippen molar-refractivity contribution in [3.63, 3.8) is 0 Å². The summed E-state index contributed by atoms with van der Waals surface area (Å²) in [5.41, 5.74) is 6.57. The van der Waals surface area contributed by atoms with Gasteiger partial charge in [0, 0.05) is 17.5 Å². The van der Waals surface area contributed by atoms with Gasteiger partial charge < -0.3 is 11.1 Å². The van der Waals surface area contributed by atoms with Gasteiger partial charge in [0.1, 0.15) is 5.82 Å². The van der Waals surface area contributed by atoms with Crippen LogP contribution in [0.15, 0.2) is 47.6 Å². The average molecular weight is 475 g/mol. The van der Waals surface area contributed by atoms with Gasteiger partial charge in [0.15, 0.2) is 0 Å². The number of hydrogen-bond acceptors (Lipinski definition) is 5. The van der Waals surface area contributed by atoms with Crippen LogP contribution in [-0.4, -0.2) is 27.5 Å². The molecule has 1 unspecified atom stereocenters. The molecule has 2 heterocycles. The van der Waals surface area contributed by atoms with Gasteiger partial charge >= 0.3 is 0 Å². The molecule has 1 aromatic carbocycles. The van der Waals surface area contributed by atoms with Crippen LogP contribution in [0.25, 0.3) is 0 Å². The van der Waals surface area contributed by atoms with Crippen molar-refractivity contribution in [2.75, 3.05) is 11.1 Å². The van der Waals surface area contributed by atoms with Crippen LogP contribution in [0.1, 0.15) is 35.7 Å². The Balaban J connectivity index is 0.00000210. The molecule has 4 N–H and O–H groups in total. The molecule has 1 aromatic heterocycles. The minimum atomic E-state index is -0.440. The van der Waals surface area contributed by atoms with Crippen LogP contribution < -0.4 is 11.1 Å². The number of thioether (sulfide) groups is 1. The van der Waals surface area contributed by atoms with Crippen LogP contribution in [0.3, 0.4) is 0 Å². The van der Waals surface area contributed by atoms with Gasteiger partial charge in [-0.15, -0.1) is 36.6 Å². The SMILES string of the molecule is CC1(c2cccc(C(=O)Nc3ccc(Cl)cn3)c2)CCSC(CC(=N)N)=N1.Cl.Cl. The molecule has 1 amide bonds. The van der Waals surface area contributed by atoms with Gasteiger partial charge in [-0.1, -0.05) is 23.7 Å². The molecule has 0 bridgehead atoms. The maximum atomic E-state index is 12.6. The van der Waals surface area contributed by atoms with Gasteiger partial charge in [-0.25, -0.2) is 4.98 Å². The van der Waals surface area contributed by atoms with Crippen molar-refractivity contribution >= 4 is 70.8 Å². The zero-order chi connectivity index (χ0) is 19.4. The number of aromatic nitrogens is 1. The summed E-state index contributed by atoms with van der Waals surface area (Å²) < 4.78 is 0. The number of amides is 1. The van der Waals surface area contributed by atoms with Gasteiger partial charge in [-0.05, 0) is 43.2 Å². The number of rotatable bonds is 5. The van der Waals surface area contributed by atoms with Crippen molar-refractivity contribution in [1.29, 1.82) is 5.41 Å². The van der Waals surface area contributed by atoms with E-state index in [1.807, 2.05) is 25.1 Å². The molecule has 0 saturated heterocycles. The summed E-state index contributed by atoms with van der Waals surface area (Å²) in [6.07, 6.45) is 2.70. The van der Waals surface area contributed by atoms with E-state index in [0.717, 1.165) is 22.8 Å². The summed E-state index contributed by atoms with van der Waals surface area (Å²) in [4.78, 5) is 21.5. The molecular formula is C19H22Cl3N5OS. The number of pyridine rings is 1. The van der Waals surface area contributed by atoms with E-state index in [9.17, 15) is 4.79 Å². The van der Waals surface area contributed by atoms with Crippen molar-refractivity contribution in [3.8, 4) is 0 Å². The predicted molar refractivity (Wildman–Crippen MR) is 127 cm³/mol. The normalized spacial score (nSPS) is 17.9. The molecule has 0 radical (unpaired) electrons. The monoisotopic (exact) mass is 473 g/mol. The molecule has 6 nitrogen and oxygen atoms in total. The molecule has 156 valence electrons. The highest BCUT2D eigenvalue weighted by Crippen LogP contribution is 2.36. The third-order valence-corrected chi connectivity index (χ3v) is 5.49.